The number of phenols is 1. The highest BCUT2D eigenvalue weighted by atomic mass is 35.5. The van der Waals surface area contributed by atoms with Crippen molar-refractivity contribution in [1.82, 2.24) is 9.71 Å². The normalized spacial score (nSPS) is 16.3. The number of hydrogen-bond acceptors (Lipinski definition) is 7. The van der Waals surface area contributed by atoms with Crippen LogP contribution in [0.4, 0.5) is 11.4 Å². The van der Waals surface area contributed by atoms with E-state index in [1.165, 1.54) is 53.7 Å². The monoisotopic (exact) mass is 507 g/mol. The topological polar surface area (TPSA) is 155 Å². The summed E-state index contributed by atoms with van der Waals surface area (Å²) in [6, 6.07) is 11.9. The molecule has 0 saturated heterocycles. The van der Waals surface area contributed by atoms with Crippen molar-refractivity contribution in [3.8, 4) is 5.75 Å². The molecular weight excluding hydrogens is 490 g/mol. The summed E-state index contributed by atoms with van der Waals surface area (Å²) in [5, 5.41) is 15.9. The lowest BCUT2D eigenvalue weighted by molar-refractivity contribution is 0.476. The number of nitrogens with one attached hydrogen (secondary N) is 1. The van der Waals surface area contributed by atoms with Crippen LogP contribution < -0.4 is 14.8 Å². The molecule has 0 radical (unpaired) electrons. The van der Waals surface area contributed by atoms with Crippen LogP contribution in [-0.2, 0) is 26.5 Å². The fourth-order valence-electron chi connectivity index (χ4n) is 3.26. The van der Waals surface area contributed by atoms with E-state index in [2.05, 4.69) is 14.7 Å². The van der Waals surface area contributed by atoms with Crippen LogP contribution in [-0.4, -0.2) is 39.4 Å². The number of nitrogens with two attached hydrogens (primary N) is 1. The van der Waals surface area contributed by atoms with Gasteiger partial charge in [0.1, 0.15) is 10.6 Å². The Morgan fingerprint density at radius 3 is 2.55 bits per heavy atom. The molecule has 0 atom stereocenters. The van der Waals surface area contributed by atoms with Crippen LogP contribution in [0.15, 0.2) is 75.7 Å². The molecule has 0 amide bonds. The van der Waals surface area contributed by atoms with Crippen molar-refractivity contribution in [2.75, 3.05) is 11.4 Å². The Morgan fingerprint density at radius 2 is 1.85 bits per heavy atom. The molecule has 1 aliphatic rings. The molecule has 2 aromatic carbocycles. The van der Waals surface area contributed by atoms with Crippen molar-refractivity contribution in [3.63, 3.8) is 0 Å². The first kappa shape index (κ1) is 23.0. The average molecular weight is 508 g/mol. The van der Waals surface area contributed by atoms with E-state index in [9.17, 15) is 21.9 Å². The second-order valence-corrected chi connectivity index (χ2v) is 10.7. The summed E-state index contributed by atoms with van der Waals surface area (Å²) in [5.41, 5.74) is 1.25. The Hall–Kier alpha value is -3.19. The van der Waals surface area contributed by atoms with E-state index in [0.717, 1.165) is 5.56 Å². The molecule has 172 valence electrons. The second kappa shape index (κ2) is 8.63. The summed E-state index contributed by atoms with van der Waals surface area (Å²) in [5.74, 6) is -0.165. The van der Waals surface area contributed by atoms with Gasteiger partial charge in [0.25, 0.3) is 10.0 Å². The Balaban J connectivity index is 1.71. The van der Waals surface area contributed by atoms with E-state index in [-0.39, 0.29) is 39.4 Å². The number of hydrogen-bond donors (Lipinski definition) is 3. The molecule has 1 aromatic heterocycles. The van der Waals surface area contributed by atoms with E-state index in [1.807, 2.05) is 0 Å². The van der Waals surface area contributed by atoms with Crippen molar-refractivity contribution in [3.05, 3.63) is 71.5 Å². The number of anilines is 2. The quantitative estimate of drug-likeness (QED) is 0.477. The number of phenolic OH excluding ortho intramolecular Hbond substituents is 1. The molecule has 0 spiro atoms. The first-order valence-corrected chi connectivity index (χ1v) is 12.9. The maximum atomic E-state index is 12.8. The molecule has 0 saturated carbocycles. The lowest BCUT2D eigenvalue weighted by Crippen LogP contribution is -2.47. The van der Waals surface area contributed by atoms with E-state index in [4.69, 9.17) is 16.7 Å². The molecule has 0 fully saturated rings. The number of aliphatic imine (C=N–C) groups is 1. The molecular formula is C20H18ClN5O5S2. The number of fused-ring (bicyclic) bond motifs is 1. The number of primary sulfonamides is 1. The Kier molecular flexibility index (Phi) is 6.01. The lowest BCUT2D eigenvalue weighted by Gasteiger charge is -2.32. The van der Waals surface area contributed by atoms with Crippen LogP contribution in [0.25, 0.3) is 0 Å². The van der Waals surface area contributed by atoms with Crippen molar-refractivity contribution in [1.29, 1.82) is 0 Å². The molecule has 13 heteroatoms. The first-order valence-electron chi connectivity index (χ1n) is 9.48. The zero-order valence-electron chi connectivity index (χ0n) is 16.9. The SMILES string of the molecule is NS(=O)(=O)c1ccc(CCN=C2NS(=O)(=O)c3cnccc3N2c2cc(Cl)ccc2O)cc1. The molecule has 10 nitrogen and oxygen atoms in total. The number of sulfonamides is 2. The van der Waals surface area contributed by atoms with Gasteiger partial charge in [0, 0.05) is 24.0 Å². The Bertz CT molecular complexity index is 1460. The number of benzene rings is 2. The van der Waals surface area contributed by atoms with Gasteiger partial charge in [0.15, 0.2) is 0 Å². The van der Waals surface area contributed by atoms with Gasteiger partial charge in [-0.25, -0.2) is 26.7 Å². The number of pyridine rings is 1. The lowest BCUT2D eigenvalue weighted by atomic mass is 10.1. The van der Waals surface area contributed by atoms with Crippen LogP contribution >= 0.6 is 11.6 Å². The number of guanidine groups is 1. The highest BCUT2D eigenvalue weighted by molar-refractivity contribution is 7.90. The molecule has 4 N–H and O–H groups in total. The van der Waals surface area contributed by atoms with Crippen LogP contribution in [0, 0.1) is 0 Å². The second-order valence-electron chi connectivity index (χ2n) is 7.06. The third-order valence-corrected chi connectivity index (χ3v) is 7.33. The van der Waals surface area contributed by atoms with Crippen molar-refractivity contribution >= 4 is 49.0 Å². The Morgan fingerprint density at radius 1 is 1.12 bits per heavy atom. The average Bonchev–Trinajstić information content (AvgIpc) is 2.75. The number of nitrogens with zero attached hydrogens (tertiary/aromatic N) is 3. The zero-order chi connectivity index (χ0) is 23.8. The number of aromatic hydroxyl groups is 1. The van der Waals surface area contributed by atoms with Crippen molar-refractivity contribution < 1.29 is 21.9 Å². The molecule has 2 heterocycles. The fraction of sp³-hybridized carbons (Fsp3) is 0.100. The number of aromatic nitrogens is 1. The minimum Gasteiger partial charge on any atom is -0.506 e. The van der Waals surface area contributed by atoms with Crippen LogP contribution in [0.1, 0.15) is 5.56 Å². The van der Waals surface area contributed by atoms with Gasteiger partial charge in [-0.05, 0) is 48.4 Å². The van der Waals surface area contributed by atoms with Crippen LogP contribution in [0.2, 0.25) is 5.02 Å². The van der Waals surface area contributed by atoms with Gasteiger partial charge in [-0.3, -0.25) is 14.9 Å². The fourth-order valence-corrected chi connectivity index (χ4v) is 5.08. The largest absolute Gasteiger partial charge is 0.506 e. The summed E-state index contributed by atoms with van der Waals surface area (Å²) >= 11 is 6.12. The number of halogens is 1. The van der Waals surface area contributed by atoms with Gasteiger partial charge in [-0.1, -0.05) is 23.7 Å². The van der Waals surface area contributed by atoms with Crippen molar-refractivity contribution in [2.24, 2.45) is 10.1 Å². The van der Waals surface area contributed by atoms with E-state index >= 15 is 0 Å². The summed E-state index contributed by atoms with van der Waals surface area (Å²) in [6.07, 6.45) is 3.02. The van der Waals surface area contributed by atoms with Gasteiger partial charge in [0.2, 0.25) is 16.0 Å². The van der Waals surface area contributed by atoms with Gasteiger partial charge in [-0.15, -0.1) is 0 Å². The smallest absolute Gasteiger partial charge is 0.267 e. The maximum Gasteiger partial charge on any atom is 0.267 e. The highest BCUT2D eigenvalue weighted by Gasteiger charge is 2.34. The van der Waals surface area contributed by atoms with Gasteiger partial charge in [-0.2, -0.15) is 0 Å². The van der Waals surface area contributed by atoms with Gasteiger partial charge >= 0.3 is 0 Å². The predicted octanol–water partition coefficient (Wildman–Crippen LogP) is 2.12. The molecule has 0 aliphatic carbocycles. The molecule has 4 rings (SSSR count). The zero-order valence-corrected chi connectivity index (χ0v) is 19.3. The molecule has 0 unspecified atom stereocenters. The van der Waals surface area contributed by atoms with Crippen LogP contribution in [0.3, 0.4) is 0 Å². The third kappa shape index (κ3) is 4.78. The van der Waals surface area contributed by atoms with Crippen LogP contribution in [0.5, 0.6) is 5.75 Å². The standard InChI is InChI=1S/C20H18ClN5O5S2/c21-14-3-6-18(27)17(11-14)26-16-8-9-23-12-19(16)33(30,31)25-20(26)24-10-7-13-1-4-15(5-2-13)32(22,28)29/h1-6,8-9,11-12,27H,7,10H2,(H,24,25)(H2,22,28,29). The summed E-state index contributed by atoms with van der Waals surface area (Å²) in [6.45, 7) is 0.158. The summed E-state index contributed by atoms with van der Waals surface area (Å²) in [4.78, 5) is 9.65. The maximum absolute atomic E-state index is 12.8. The van der Waals surface area contributed by atoms with E-state index in [0.29, 0.717) is 11.4 Å². The summed E-state index contributed by atoms with van der Waals surface area (Å²) < 4.78 is 50.7. The van der Waals surface area contributed by atoms with E-state index < -0.39 is 20.0 Å². The highest BCUT2D eigenvalue weighted by Crippen LogP contribution is 2.39. The first-order chi connectivity index (χ1) is 15.6. The van der Waals surface area contributed by atoms with Gasteiger partial charge < -0.3 is 5.11 Å². The molecule has 1 aliphatic heterocycles. The van der Waals surface area contributed by atoms with E-state index in [1.54, 1.807) is 12.1 Å². The van der Waals surface area contributed by atoms with Crippen molar-refractivity contribution in [2.45, 2.75) is 16.2 Å². The minimum atomic E-state index is -3.95. The molecule has 33 heavy (non-hydrogen) atoms. The molecule has 0 bridgehead atoms. The minimum absolute atomic E-state index is 0.00886. The summed E-state index contributed by atoms with van der Waals surface area (Å²) in [7, 11) is -7.75. The molecule has 3 aromatic rings. The Labute approximate surface area is 195 Å². The number of rotatable bonds is 5. The predicted molar refractivity (Wildman–Crippen MR) is 124 cm³/mol. The van der Waals surface area contributed by atoms with Gasteiger partial charge in [0.05, 0.1) is 16.3 Å². The third-order valence-electron chi connectivity index (χ3n) is 4.82.